The Morgan fingerprint density at radius 2 is 1.76 bits per heavy atom. The van der Waals surface area contributed by atoms with Gasteiger partial charge in [0.1, 0.15) is 11.9 Å². The maximum Gasteiger partial charge on any atom is 0.251 e. The molecular formula is C28H35FN2O5S. The van der Waals surface area contributed by atoms with Crippen molar-refractivity contribution in [1.82, 2.24) is 10.2 Å². The van der Waals surface area contributed by atoms with Crippen LogP contribution in [0.4, 0.5) is 4.39 Å². The Labute approximate surface area is 218 Å². The lowest BCUT2D eigenvalue weighted by Gasteiger charge is -2.30. The van der Waals surface area contributed by atoms with Crippen molar-refractivity contribution in [2.45, 2.75) is 45.1 Å². The standard InChI is InChI=1S/C28H35FN2O5S/c1-20-4-6-21(7-5-20)24-18-28(24,2)12-3-17-37(34,35)19-25(27(33)31-13-15-36-16-14-31)30-26(32)22-8-10-23(29)11-9-22/h4-11,24-25H,3,12-19H2,1-2H3,(H,30,32)/t24-,25-,28?/m0/s1. The van der Waals surface area contributed by atoms with Gasteiger partial charge < -0.3 is 15.0 Å². The summed E-state index contributed by atoms with van der Waals surface area (Å²) < 4.78 is 44.7. The first-order chi connectivity index (χ1) is 17.6. The number of rotatable bonds is 10. The van der Waals surface area contributed by atoms with Gasteiger partial charge in [0.25, 0.3) is 5.91 Å². The average molecular weight is 531 g/mol. The third kappa shape index (κ3) is 7.17. The van der Waals surface area contributed by atoms with Gasteiger partial charge in [-0.1, -0.05) is 36.8 Å². The minimum absolute atomic E-state index is 0.0531. The number of hydrogen-bond acceptors (Lipinski definition) is 5. The van der Waals surface area contributed by atoms with Crippen molar-refractivity contribution in [2.75, 3.05) is 37.8 Å². The maximum absolute atomic E-state index is 13.3. The number of aryl methyl sites for hydroxylation is 1. The van der Waals surface area contributed by atoms with Gasteiger partial charge in [0, 0.05) is 18.7 Å². The van der Waals surface area contributed by atoms with E-state index in [2.05, 4.69) is 43.4 Å². The molecule has 2 aliphatic rings. The van der Waals surface area contributed by atoms with Gasteiger partial charge in [0.05, 0.1) is 24.7 Å². The zero-order valence-electron chi connectivity index (χ0n) is 21.4. The zero-order valence-corrected chi connectivity index (χ0v) is 22.2. The van der Waals surface area contributed by atoms with Gasteiger partial charge in [0.15, 0.2) is 9.84 Å². The number of ether oxygens (including phenoxy) is 1. The highest BCUT2D eigenvalue weighted by molar-refractivity contribution is 7.91. The minimum atomic E-state index is -3.63. The molecule has 0 radical (unpaired) electrons. The molecule has 0 spiro atoms. The van der Waals surface area contributed by atoms with E-state index in [9.17, 15) is 22.4 Å². The highest BCUT2D eigenvalue weighted by atomic mass is 32.2. The summed E-state index contributed by atoms with van der Waals surface area (Å²) in [6, 6.07) is 12.2. The smallest absolute Gasteiger partial charge is 0.251 e. The monoisotopic (exact) mass is 530 g/mol. The fourth-order valence-electron chi connectivity index (χ4n) is 5.06. The topological polar surface area (TPSA) is 92.8 Å². The first-order valence-electron chi connectivity index (χ1n) is 12.8. The highest BCUT2D eigenvalue weighted by Gasteiger charge is 2.49. The van der Waals surface area contributed by atoms with Crippen LogP contribution in [0.5, 0.6) is 0 Å². The van der Waals surface area contributed by atoms with Crippen LogP contribution >= 0.6 is 0 Å². The normalized spacial score (nSPS) is 22.4. The Morgan fingerprint density at radius 3 is 2.41 bits per heavy atom. The first-order valence-corrected chi connectivity index (χ1v) is 14.6. The molecule has 7 nitrogen and oxygen atoms in total. The molecule has 1 heterocycles. The Balaban J connectivity index is 1.37. The van der Waals surface area contributed by atoms with E-state index in [1.165, 1.54) is 28.2 Å². The molecule has 3 atom stereocenters. The van der Waals surface area contributed by atoms with E-state index in [1.54, 1.807) is 0 Å². The first kappa shape index (κ1) is 27.3. The molecule has 200 valence electrons. The van der Waals surface area contributed by atoms with E-state index in [4.69, 9.17) is 4.74 Å². The molecule has 1 saturated carbocycles. The van der Waals surface area contributed by atoms with Crippen molar-refractivity contribution < 1.29 is 27.1 Å². The Morgan fingerprint density at radius 1 is 1.11 bits per heavy atom. The predicted octanol–water partition coefficient (Wildman–Crippen LogP) is 3.48. The summed E-state index contributed by atoms with van der Waals surface area (Å²) in [6.07, 6.45) is 2.29. The van der Waals surface area contributed by atoms with Crippen LogP contribution in [-0.2, 0) is 19.4 Å². The van der Waals surface area contributed by atoms with E-state index >= 15 is 0 Å². The fraction of sp³-hybridized carbons (Fsp3) is 0.500. The summed E-state index contributed by atoms with van der Waals surface area (Å²) in [4.78, 5) is 27.5. The van der Waals surface area contributed by atoms with E-state index in [-0.39, 0.29) is 16.7 Å². The van der Waals surface area contributed by atoms with Crippen LogP contribution in [0.2, 0.25) is 0 Å². The van der Waals surface area contributed by atoms with Crippen molar-refractivity contribution in [3.05, 3.63) is 71.0 Å². The van der Waals surface area contributed by atoms with Gasteiger partial charge in [-0.05, 0) is 67.3 Å². The van der Waals surface area contributed by atoms with Crippen LogP contribution in [0.1, 0.15) is 53.6 Å². The van der Waals surface area contributed by atoms with Crippen LogP contribution in [0, 0.1) is 18.2 Å². The predicted molar refractivity (Wildman–Crippen MR) is 140 cm³/mol. The van der Waals surface area contributed by atoms with Crippen molar-refractivity contribution >= 4 is 21.7 Å². The maximum atomic E-state index is 13.3. The molecule has 2 amide bonds. The summed E-state index contributed by atoms with van der Waals surface area (Å²) in [5.41, 5.74) is 2.73. The number of morpholine rings is 1. The molecule has 1 unspecified atom stereocenters. The molecule has 1 N–H and O–H groups in total. The Bertz CT molecular complexity index is 1210. The quantitative estimate of drug-likeness (QED) is 0.508. The van der Waals surface area contributed by atoms with E-state index in [0.717, 1.165) is 25.0 Å². The summed E-state index contributed by atoms with van der Waals surface area (Å²) in [5.74, 6) is -1.66. The lowest BCUT2D eigenvalue weighted by molar-refractivity contribution is -0.136. The number of benzene rings is 2. The van der Waals surface area contributed by atoms with Crippen molar-refractivity contribution in [2.24, 2.45) is 5.41 Å². The Kier molecular flexibility index (Phi) is 8.33. The number of sulfone groups is 1. The summed E-state index contributed by atoms with van der Waals surface area (Å²) >= 11 is 0. The molecule has 9 heteroatoms. The average Bonchev–Trinajstić information content (AvgIpc) is 3.55. The largest absolute Gasteiger partial charge is 0.378 e. The van der Waals surface area contributed by atoms with Crippen LogP contribution in [-0.4, -0.2) is 69.0 Å². The van der Waals surface area contributed by atoms with E-state index < -0.39 is 39.3 Å². The SMILES string of the molecule is Cc1ccc([C@@H]2CC2(C)CCCS(=O)(=O)C[C@H](NC(=O)c2ccc(F)cc2)C(=O)N2CCOCC2)cc1. The number of nitrogens with zero attached hydrogens (tertiary/aromatic N) is 1. The Hall–Kier alpha value is -2.78. The van der Waals surface area contributed by atoms with Crippen molar-refractivity contribution in [3.8, 4) is 0 Å². The summed E-state index contributed by atoms with van der Waals surface area (Å²) in [7, 11) is -3.63. The number of carbonyl (C=O) groups excluding carboxylic acids is 2. The second-order valence-electron chi connectivity index (χ2n) is 10.5. The number of halogens is 1. The molecule has 4 rings (SSSR count). The number of amides is 2. The van der Waals surface area contributed by atoms with Crippen LogP contribution in [0.25, 0.3) is 0 Å². The third-order valence-corrected chi connectivity index (χ3v) is 9.24. The molecule has 0 bridgehead atoms. The molecule has 2 aromatic carbocycles. The second kappa shape index (κ2) is 11.3. The molecule has 2 aromatic rings. The van der Waals surface area contributed by atoms with Gasteiger partial charge in [-0.3, -0.25) is 9.59 Å². The molecule has 1 aliphatic carbocycles. The number of hydrogen-bond donors (Lipinski definition) is 1. The van der Waals surface area contributed by atoms with Gasteiger partial charge >= 0.3 is 0 Å². The lowest BCUT2D eigenvalue weighted by atomic mass is 9.96. The van der Waals surface area contributed by atoms with E-state index in [1.807, 2.05) is 0 Å². The summed E-state index contributed by atoms with van der Waals surface area (Å²) in [5, 5.41) is 2.59. The molecule has 1 aliphatic heterocycles. The summed E-state index contributed by atoms with van der Waals surface area (Å²) in [6.45, 7) is 5.63. The molecule has 0 aromatic heterocycles. The van der Waals surface area contributed by atoms with Crippen molar-refractivity contribution in [1.29, 1.82) is 0 Å². The molecule has 1 saturated heterocycles. The molecule has 2 fully saturated rings. The molecular weight excluding hydrogens is 495 g/mol. The van der Waals surface area contributed by atoms with E-state index in [0.29, 0.717) is 38.6 Å². The van der Waals surface area contributed by atoms with Gasteiger partial charge in [0.2, 0.25) is 5.91 Å². The van der Waals surface area contributed by atoms with Crippen molar-refractivity contribution in [3.63, 3.8) is 0 Å². The zero-order chi connectivity index (χ0) is 26.6. The second-order valence-corrected chi connectivity index (χ2v) is 12.7. The van der Waals surface area contributed by atoms with Crippen LogP contribution in [0.15, 0.2) is 48.5 Å². The number of nitrogens with one attached hydrogen (secondary N) is 1. The van der Waals surface area contributed by atoms with Crippen LogP contribution < -0.4 is 5.32 Å². The lowest BCUT2D eigenvalue weighted by Crippen LogP contribution is -2.54. The molecule has 37 heavy (non-hydrogen) atoms. The van der Waals surface area contributed by atoms with Gasteiger partial charge in [-0.15, -0.1) is 0 Å². The van der Waals surface area contributed by atoms with Crippen LogP contribution in [0.3, 0.4) is 0 Å². The van der Waals surface area contributed by atoms with Gasteiger partial charge in [-0.25, -0.2) is 12.8 Å². The number of carbonyl (C=O) groups is 2. The highest BCUT2D eigenvalue weighted by Crippen LogP contribution is 2.61. The third-order valence-electron chi connectivity index (χ3n) is 7.49. The fourth-order valence-corrected chi connectivity index (χ4v) is 6.54. The van der Waals surface area contributed by atoms with Gasteiger partial charge in [-0.2, -0.15) is 0 Å². The minimum Gasteiger partial charge on any atom is -0.378 e.